The lowest BCUT2D eigenvalue weighted by Crippen LogP contribution is -2.62. The van der Waals surface area contributed by atoms with Crippen molar-refractivity contribution < 1.29 is 19.1 Å². The van der Waals surface area contributed by atoms with Crippen molar-refractivity contribution in [3.63, 3.8) is 0 Å². The summed E-state index contributed by atoms with van der Waals surface area (Å²) in [6, 6.07) is 7.24. The van der Waals surface area contributed by atoms with Crippen molar-refractivity contribution in [3.05, 3.63) is 29.8 Å². The van der Waals surface area contributed by atoms with E-state index in [4.69, 9.17) is 4.74 Å². The highest BCUT2D eigenvalue weighted by Gasteiger charge is 2.52. The van der Waals surface area contributed by atoms with Crippen molar-refractivity contribution in [2.75, 3.05) is 31.6 Å². The fourth-order valence-corrected chi connectivity index (χ4v) is 4.75. The highest BCUT2D eigenvalue weighted by atomic mass is 16.5. The van der Waals surface area contributed by atoms with E-state index in [2.05, 4.69) is 0 Å². The summed E-state index contributed by atoms with van der Waals surface area (Å²) in [6.45, 7) is 3.63. The fraction of sp³-hybridized carbons (Fsp3) is 0.571. The molecule has 0 aromatic heterocycles. The van der Waals surface area contributed by atoms with Gasteiger partial charge in [-0.3, -0.25) is 19.3 Å². The number of fused-ring (bicyclic) bond motifs is 3. The molecule has 0 N–H and O–H groups in total. The van der Waals surface area contributed by atoms with E-state index in [0.717, 1.165) is 12.8 Å². The zero-order valence-electron chi connectivity index (χ0n) is 16.5. The molecule has 0 radical (unpaired) electrons. The highest BCUT2D eigenvalue weighted by Crippen LogP contribution is 2.43. The largest absolute Gasteiger partial charge is 0.381 e. The first kappa shape index (κ1) is 18.9. The molecular formula is C21H27N3O4. The second-order valence-corrected chi connectivity index (χ2v) is 7.99. The van der Waals surface area contributed by atoms with Crippen LogP contribution in [0.1, 0.15) is 49.4 Å². The minimum atomic E-state index is -0.703. The van der Waals surface area contributed by atoms with Crippen LogP contribution < -0.4 is 4.90 Å². The lowest BCUT2D eigenvalue weighted by atomic mass is 9.98. The van der Waals surface area contributed by atoms with Crippen LogP contribution in [-0.4, -0.2) is 66.0 Å². The summed E-state index contributed by atoms with van der Waals surface area (Å²) < 4.78 is 5.36. The number of para-hydroxylation sites is 1. The van der Waals surface area contributed by atoms with Crippen LogP contribution in [0.15, 0.2) is 24.3 Å². The minimum Gasteiger partial charge on any atom is -0.381 e. The average molecular weight is 385 g/mol. The van der Waals surface area contributed by atoms with Crippen LogP contribution >= 0.6 is 0 Å². The van der Waals surface area contributed by atoms with Crippen molar-refractivity contribution in [2.45, 2.75) is 50.8 Å². The number of ether oxygens (including phenoxy) is 1. The van der Waals surface area contributed by atoms with Crippen molar-refractivity contribution in [3.8, 4) is 0 Å². The third kappa shape index (κ3) is 2.98. The molecule has 2 fully saturated rings. The van der Waals surface area contributed by atoms with Gasteiger partial charge >= 0.3 is 0 Å². The van der Waals surface area contributed by atoms with Crippen LogP contribution in [0, 0.1) is 0 Å². The topological polar surface area (TPSA) is 70.2 Å². The standard InChI is InChI=1S/C21H27N3O4/c1-21-11-7-19(26)24(21)17-6-4-3-5-16(17)20(27)23(21)14-10-18(25)22-12-8-15(28-2)9-13-22/h3-6,15H,7-14H2,1-2H3. The third-order valence-corrected chi connectivity index (χ3v) is 6.42. The lowest BCUT2D eigenvalue weighted by Gasteiger charge is -2.48. The van der Waals surface area contributed by atoms with E-state index in [1.807, 2.05) is 30.0 Å². The van der Waals surface area contributed by atoms with E-state index in [1.165, 1.54) is 0 Å². The monoisotopic (exact) mass is 385 g/mol. The number of carbonyl (C=O) groups excluding carboxylic acids is 3. The molecule has 4 rings (SSSR count). The zero-order chi connectivity index (χ0) is 19.9. The van der Waals surface area contributed by atoms with Gasteiger partial charge in [0, 0.05) is 39.6 Å². The molecule has 3 aliphatic rings. The summed E-state index contributed by atoms with van der Waals surface area (Å²) in [6.07, 6.45) is 3.17. The molecule has 1 aromatic rings. The molecule has 0 bridgehead atoms. The number of benzene rings is 1. The van der Waals surface area contributed by atoms with Gasteiger partial charge in [-0.1, -0.05) is 12.1 Å². The molecule has 3 amide bonds. The molecule has 150 valence electrons. The minimum absolute atomic E-state index is 0.0282. The zero-order valence-corrected chi connectivity index (χ0v) is 16.5. The Labute approximate surface area is 165 Å². The maximum Gasteiger partial charge on any atom is 0.257 e. The van der Waals surface area contributed by atoms with Crippen LogP contribution in [0.2, 0.25) is 0 Å². The molecule has 1 aromatic carbocycles. The predicted molar refractivity (Wildman–Crippen MR) is 104 cm³/mol. The molecule has 3 heterocycles. The number of rotatable bonds is 4. The van der Waals surface area contributed by atoms with Gasteiger partial charge in [-0.25, -0.2) is 0 Å². The van der Waals surface area contributed by atoms with Gasteiger partial charge in [0.25, 0.3) is 5.91 Å². The highest BCUT2D eigenvalue weighted by molar-refractivity contribution is 6.10. The van der Waals surface area contributed by atoms with Crippen molar-refractivity contribution in [1.82, 2.24) is 9.80 Å². The Kier molecular flexibility index (Phi) is 4.87. The first-order valence-corrected chi connectivity index (χ1v) is 10.0. The third-order valence-electron chi connectivity index (χ3n) is 6.42. The number of hydrogen-bond donors (Lipinski definition) is 0. The smallest absolute Gasteiger partial charge is 0.257 e. The van der Waals surface area contributed by atoms with E-state index in [-0.39, 0.29) is 30.2 Å². The Morgan fingerprint density at radius 3 is 2.64 bits per heavy atom. The average Bonchev–Trinajstić information content (AvgIpc) is 3.03. The number of likely N-dealkylation sites (tertiary alicyclic amines) is 1. The molecule has 0 spiro atoms. The van der Waals surface area contributed by atoms with Gasteiger partial charge in [-0.05, 0) is 38.3 Å². The molecule has 7 nitrogen and oxygen atoms in total. The van der Waals surface area contributed by atoms with Crippen LogP contribution in [0.3, 0.4) is 0 Å². The molecule has 3 aliphatic heterocycles. The van der Waals surface area contributed by atoms with Crippen molar-refractivity contribution >= 4 is 23.4 Å². The van der Waals surface area contributed by atoms with E-state index < -0.39 is 5.66 Å². The van der Waals surface area contributed by atoms with Gasteiger partial charge in [0.05, 0.1) is 17.4 Å². The normalized spacial score (nSPS) is 25.1. The molecule has 2 saturated heterocycles. The molecule has 0 saturated carbocycles. The molecular weight excluding hydrogens is 358 g/mol. The maximum absolute atomic E-state index is 13.2. The molecule has 0 aliphatic carbocycles. The predicted octanol–water partition coefficient (Wildman–Crippen LogP) is 2.01. The number of methoxy groups -OCH3 is 1. The summed E-state index contributed by atoms with van der Waals surface area (Å²) in [7, 11) is 1.71. The summed E-state index contributed by atoms with van der Waals surface area (Å²) in [5.74, 6) is -0.0176. The summed E-state index contributed by atoms with van der Waals surface area (Å²) >= 11 is 0. The molecule has 28 heavy (non-hydrogen) atoms. The Morgan fingerprint density at radius 1 is 1.21 bits per heavy atom. The SMILES string of the molecule is COC1CCN(C(=O)CCN2C(=O)c3ccccc3N3C(=O)CCC23C)CC1. The van der Waals surface area contributed by atoms with Gasteiger partial charge in [0.2, 0.25) is 11.8 Å². The van der Waals surface area contributed by atoms with E-state index in [1.54, 1.807) is 23.0 Å². The van der Waals surface area contributed by atoms with Gasteiger partial charge in [-0.15, -0.1) is 0 Å². The van der Waals surface area contributed by atoms with Crippen molar-refractivity contribution in [1.29, 1.82) is 0 Å². The van der Waals surface area contributed by atoms with Crippen LogP contribution in [0.25, 0.3) is 0 Å². The Hall–Kier alpha value is -2.41. The van der Waals surface area contributed by atoms with Gasteiger partial charge in [0.15, 0.2) is 0 Å². The van der Waals surface area contributed by atoms with Gasteiger partial charge in [0.1, 0.15) is 5.66 Å². The second kappa shape index (κ2) is 7.20. The quantitative estimate of drug-likeness (QED) is 0.795. The molecule has 7 heteroatoms. The number of piperidine rings is 1. The van der Waals surface area contributed by atoms with Crippen LogP contribution in [0.5, 0.6) is 0 Å². The second-order valence-electron chi connectivity index (χ2n) is 7.99. The Bertz CT molecular complexity index is 803. The van der Waals surface area contributed by atoms with E-state index in [9.17, 15) is 14.4 Å². The number of anilines is 1. The lowest BCUT2D eigenvalue weighted by molar-refractivity contribution is -0.133. The number of amides is 3. The molecule has 1 unspecified atom stereocenters. The van der Waals surface area contributed by atoms with Crippen molar-refractivity contribution in [2.24, 2.45) is 0 Å². The number of carbonyl (C=O) groups is 3. The number of hydrogen-bond acceptors (Lipinski definition) is 4. The van der Waals surface area contributed by atoms with Gasteiger partial charge in [-0.2, -0.15) is 0 Å². The maximum atomic E-state index is 13.2. The van der Waals surface area contributed by atoms with E-state index in [0.29, 0.717) is 43.7 Å². The summed E-state index contributed by atoms with van der Waals surface area (Å²) in [5, 5.41) is 0. The number of nitrogens with zero attached hydrogens (tertiary/aromatic N) is 3. The summed E-state index contributed by atoms with van der Waals surface area (Å²) in [4.78, 5) is 43.8. The van der Waals surface area contributed by atoms with E-state index >= 15 is 0 Å². The summed E-state index contributed by atoms with van der Waals surface area (Å²) in [5.41, 5.74) is 0.511. The Balaban J connectivity index is 1.51. The fourth-order valence-electron chi connectivity index (χ4n) is 4.75. The first-order chi connectivity index (χ1) is 13.5. The first-order valence-electron chi connectivity index (χ1n) is 10.0. The van der Waals surface area contributed by atoms with Crippen LogP contribution in [-0.2, 0) is 14.3 Å². The van der Waals surface area contributed by atoms with Gasteiger partial charge < -0.3 is 14.5 Å². The Morgan fingerprint density at radius 2 is 1.93 bits per heavy atom. The molecule has 1 atom stereocenters. The van der Waals surface area contributed by atoms with Crippen LogP contribution in [0.4, 0.5) is 5.69 Å².